The minimum atomic E-state index is -4.50. The molecule has 0 heterocycles. The van der Waals surface area contributed by atoms with Crippen molar-refractivity contribution in [2.45, 2.75) is 148 Å². The normalized spacial score (nSPS) is 14.3. The maximum Gasteiger partial charge on any atom is 0.306 e. The quantitative estimate of drug-likeness (QED) is 0.0241. The van der Waals surface area contributed by atoms with Crippen LogP contribution in [0, 0.1) is 0 Å². The molecule has 2 atom stereocenters. The zero-order valence-corrected chi connectivity index (χ0v) is 29.6. The zero-order chi connectivity index (χ0) is 32.1. The number of nitrogens with zero attached hydrogens (tertiary/aromatic N) is 1. The summed E-state index contributed by atoms with van der Waals surface area (Å²) in [5, 5.41) is 0. The van der Waals surface area contributed by atoms with Gasteiger partial charge in [0.05, 0.1) is 34.4 Å². The fourth-order valence-corrected chi connectivity index (χ4v) is 5.28. The molecule has 0 aromatic heterocycles. The predicted molar refractivity (Wildman–Crippen MR) is 176 cm³/mol. The lowest BCUT2D eigenvalue weighted by Gasteiger charge is -2.28. The van der Waals surface area contributed by atoms with Crippen LogP contribution in [0.4, 0.5) is 0 Å². The van der Waals surface area contributed by atoms with Crippen molar-refractivity contribution in [2.75, 3.05) is 54.1 Å². The Hall–Kier alpha value is -0.760. The fourth-order valence-electron chi connectivity index (χ4n) is 4.55. The second-order valence-electron chi connectivity index (χ2n) is 12.9. The molecular weight excluding hydrogens is 565 g/mol. The highest BCUT2D eigenvalue weighted by molar-refractivity contribution is 7.45. The van der Waals surface area contributed by atoms with Crippen molar-refractivity contribution in [3.8, 4) is 0 Å². The van der Waals surface area contributed by atoms with E-state index in [0.717, 1.165) is 32.1 Å². The average molecular weight is 634 g/mol. The van der Waals surface area contributed by atoms with Crippen LogP contribution in [-0.4, -0.2) is 70.7 Å². The van der Waals surface area contributed by atoms with Crippen LogP contribution in [0.2, 0.25) is 0 Å². The molecule has 2 unspecified atom stereocenters. The largest absolute Gasteiger partial charge is 0.756 e. The van der Waals surface area contributed by atoms with Crippen molar-refractivity contribution < 1.29 is 37.3 Å². The molecule has 0 spiro atoms. The summed E-state index contributed by atoms with van der Waals surface area (Å²) < 4.78 is 34.3. The summed E-state index contributed by atoms with van der Waals surface area (Å²) in [7, 11) is 1.35. The number of unbranched alkanes of at least 4 members (excludes halogenated alkanes) is 16. The number of hydrogen-bond donors (Lipinski definition) is 0. The minimum Gasteiger partial charge on any atom is -0.756 e. The summed E-state index contributed by atoms with van der Waals surface area (Å²) in [4.78, 5) is 24.8. The minimum absolute atomic E-state index is 0.0273. The van der Waals surface area contributed by atoms with Crippen molar-refractivity contribution in [1.82, 2.24) is 0 Å². The van der Waals surface area contributed by atoms with Crippen molar-refractivity contribution in [3.05, 3.63) is 12.2 Å². The number of hydrogen-bond acceptors (Lipinski definition) is 7. The van der Waals surface area contributed by atoms with Crippen LogP contribution in [0.15, 0.2) is 12.2 Å². The van der Waals surface area contributed by atoms with E-state index in [0.29, 0.717) is 24.1 Å². The third-order valence-electron chi connectivity index (χ3n) is 7.30. The highest BCUT2D eigenvalue weighted by atomic mass is 31.2. The lowest BCUT2D eigenvalue weighted by atomic mass is 10.1. The summed E-state index contributed by atoms with van der Waals surface area (Å²) in [6.07, 6.45) is 26.4. The number of allylic oxidation sites excluding steroid dienone is 2. The second kappa shape index (κ2) is 28.7. The molecule has 0 saturated carbocycles. The maximum absolute atomic E-state index is 12.5. The molecule has 0 N–H and O–H groups in total. The first-order valence-electron chi connectivity index (χ1n) is 17.4. The Kier molecular flexibility index (Phi) is 28.2. The average Bonchev–Trinajstić information content (AvgIpc) is 2.94. The number of phosphoric ester groups is 1. The van der Waals surface area contributed by atoms with Crippen LogP contribution in [0.5, 0.6) is 0 Å². The molecule has 0 aliphatic rings. The zero-order valence-electron chi connectivity index (χ0n) is 28.7. The lowest BCUT2D eigenvalue weighted by Crippen LogP contribution is -2.37. The topological polar surface area (TPSA) is 94.1 Å². The molecule has 43 heavy (non-hydrogen) atoms. The molecule has 0 aliphatic heterocycles. The second-order valence-corrected chi connectivity index (χ2v) is 14.3. The molecule has 0 aromatic rings. The standard InChI is InChI=1S/C34H68NO7P/c1-6-8-10-12-14-16-18-20-22-24-26-29-39-31-33(32-41-43(37,38)40-30-28-35(3,4)5)42-34(36)27-25-23-21-19-17-15-13-11-9-7-2/h10,12,33H,6-9,11,13-32H2,1-5H3/b12-10-. The first kappa shape index (κ1) is 42.2. The van der Waals surface area contributed by atoms with Gasteiger partial charge in [-0.25, -0.2) is 0 Å². The summed E-state index contributed by atoms with van der Waals surface area (Å²) in [6.45, 7) is 5.32. The number of likely N-dealkylation sites (N-methyl/N-ethyl adjacent to an activating group) is 1. The molecule has 0 aromatic carbocycles. The SMILES string of the molecule is CCC/C=C\CCCCCCCCOCC(COP(=O)([O-])OCC[N+](C)(C)C)OC(=O)CCCCCCCCCCCC. The van der Waals surface area contributed by atoms with Crippen LogP contribution < -0.4 is 4.89 Å². The monoisotopic (exact) mass is 633 g/mol. The Labute approximate surface area is 265 Å². The number of carbonyl (C=O) groups excluding carboxylic acids is 1. The van der Waals surface area contributed by atoms with Crippen LogP contribution in [0.25, 0.3) is 0 Å². The van der Waals surface area contributed by atoms with Crippen LogP contribution in [0.1, 0.15) is 142 Å². The Morgan fingerprint density at radius 2 is 1.26 bits per heavy atom. The van der Waals surface area contributed by atoms with E-state index in [4.69, 9.17) is 18.5 Å². The van der Waals surface area contributed by atoms with Gasteiger partial charge in [-0.05, 0) is 32.1 Å². The van der Waals surface area contributed by atoms with E-state index >= 15 is 0 Å². The molecule has 0 rings (SSSR count). The number of ether oxygens (including phenoxy) is 2. The Balaban J connectivity index is 4.35. The van der Waals surface area contributed by atoms with Crippen LogP contribution in [-0.2, 0) is 27.9 Å². The smallest absolute Gasteiger partial charge is 0.306 e. The molecule has 0 fully saturated rings. The maximum atomic E-state index is 12.5. The number of phosphoric acid groups is 1. The van der Waals surface area contributed by atoms with Gasteiger partial charge in [0.2, 0.25) is 0 Å². The van der Waals surface area contributed by atoms with Gasteiger partial charge >= 0.3 is 5.97 Å². The number of esters is 1. The number of carbonyl (C=O) groups is 1. The van der Waals surface area contributed by atoms with Gasteiger partial charge < -0.3 is 27.9 Å². The van der Waals surface area contributed by atoms with E-state index in [1.807, 2.05) is 21.1 Å². The summed E-state index contributed by atoms with van der Waals surface area (Å²) in [5.41, 5.74) is 0. The van der Waals surface area contributed by atoms with Crippen LogP contribution >= 0.6 is 7.82 Å². The van der Waals surface area contributed by atoms with E-state index in [1.54, 1.807) is 0 Å². The summed E-state index contributed by atoms with van der Waals surface area (Å²) in [6, 6.07) is 0. The third kappa shape index (κ3) is 32.4. The van der Waals surface area contributed by atoms with Crippen molar-refractivity contribution in [3.63, 3.8) is 0 Å². The molecule has 0 amide bonds. The predicted octanol–water partition coefficient (Wildman–Crippen LogP) is 8.52. The molecule has 0 saturated heterocycles. The molecule has 256 valence electrons. The molecule has 0 aliphatic carbocycles. The van der Waals surface area contributed by atoms with Gasteiger partial charge in [0.1, 0.15) is 19.3 Å². The van der Waals surface area contributed by atoms with Gasteiger partial charge in [0.15, 0.2) is 0 Å². The molecule has 9 heteroatoms. The Morgan fingerprint density at radius 3 is 1.86 bits per heavy atom. The van der Waals surface area contributed by atoms with E-state index in [9.17, 15) is 14.3 Å². The van der Waals surface area contributed by atoms with Gasteiger partial charge in [0.25, 0.3) is 7.82 Å². The van der Waals surface area contributed by atoms with Crippen LogP contribution in [0.3, 0.4) is 0 Å². The first-order valence-corrected chi connectivity index (χ1v) is 18.9. The van der Waals surface area contributed by atoms with Gasteiger partial charge in [-0.2, -0.15) is 0 Å². The van der Waals surface area contributed by atoms with Crippen molar-refractivity contribution in [1.29, 1.82) is 0 Å². The number of quaternary nitrogens is 1. The first-order chi connectivity index (χ1) is 20.6. The van der Waals surface area contributed by atoms with Gasteiger partial charge in [0, 0.05) is 13.0 Å². The Bertz CT molecular complexity index is 711. The highest BCUT2D eigenvalue weighted by Crippen LogP contribution is 2.38. The van der Waals surface area contributed by atoms with Crippen molar-refractivity contribution >= 4 is 13.8 Å². The summed E-state index contributed by atoms with van der Waals surface area (Å²) >= 11 is 0. The molecule has 0 radical (unpaired) electrons. The highest BCUT2D eigenvalue weighted by Gasteiger charge is 2.20. The molecule has 8 nitrogen and oxygen atoms in total. The fraction of sp³-hybridized carbons (Fsp3) is 0.912. The van der Waals surface area contributed by atoms with E-state index in [1.165, 1.54) is 89.9 Å². The van der Waals surface area contributed by atoms with Gasteiger partial charge in [-0.15, -0.1) is 0 Å². The van der Waals surface area contributed by atoms with E-state index < -0.39 is 13.9 Å². The van der Waals surface area contributed by atoms with Gasteiger partial charge in [-0.3, -0.25) is 9.36 Å². The summed E-state index contributed by atoms with van der Waals surface area (Å²) in [5.74, 6) is -0.340. The lowest BCUT2D eigenvalue weighted by molar-refractivity contribution is -0.870. The molecular formula is C34H68NO7P. The van der Waals surface area contributed by atoms with E-state index in [-0.39, 0.29) is 25.8 Å². The Morgan fingerprint density at radius 1 is 0.698 bits per heavy atom. The van der Waals surface area contributed by atoms with E-state index in [2.05, 4.69) is 26.0 Å². The molecule has 0 bridgehead atoms. The third-order valence-corrected chi connectivity index (χ3v) is 8.26. The number of rotatable bonds is 32. The van der Waals surface area contributed by atoms with Crippen molar-refractivity contribution in [2.24, 2.45) is 0 Å². The van der Waals surface area contributed by atoms with Gasteiger partial charge in [-0.1, -0.05) is 116 Å².